The van der Waals surface area contributed by atoms with Crippen LogP contribution in [-0.2, 0) is 11.3 Å². The maximum Gasteiger partial charge on any atom is 0.159 e. The first-order valence-corrected chi connectivity index (χ1v) is 6.75. The van der Waals surface area contributed by atoms with E-state index in [-0.39, 0.29) is 5.78 Å². The molecule has 0 aliphatic rings. The molecule has 0 aliphatic carbocycles. The van der Waals surface area contributed by atoms with Crippen LogP contribution in [-0.4, -0.2) is 29.3 Å². The monoisotopic (exact) mass is 298 g/mol. The van der Waals surface area contributed by atoms with Gasteiger partial charge in [0.05, 0.1) is 15.9 Å². The van der Waals surface area contributed by atoms with Crippen LogP contribution < -0.4 is 0 Å². The molecule has 0 saturated heterocycles. The van der Waals surface area contributed by atoms with Crippen molar-refractivity contribution in [1.29, 1.82) is 0 Å². The Kier molecular flexibility index (Phi) is 4.39. The molecule has 2 aromatic rings. The number of nitrogens with zero attached hydrogens (tertiary/aromatic N) is 1. The molecule has 6 heteroatoms. The zero-order chi connectivity index (χ0) is 14.0. The van der Waals surface area contributed by atoms with Crippen molar-refractivity contribution in [3.8, 4) is 0 Å². The molecule has 102 valence electrons. The summed E-state index contributed by atoms with van der Waals surface area (Å²) in [6.07, 6.45) is 0.855. The average molecular weight is 299 g/mol. The summed E-state index contributed by atoms with van der Waals surface area (Å²) in [5.74, 6) is -0.0145. The highest BCUT2D eigenvalue weighted by Crippen LogP contribution is 2.27. The minimum Gasteiger partial charge on any atom is -0.385 e. The van der Waals surface area contributed by atoms with Crippen molar-refractivity contribution in [3.05, 3.63) is 27.4 Å². The van der Waals surface area contributed by atoms with Gasteiger partial charge in [-0.25, -0.2) is 0 Å². The molecule has 0 saturated carbocycles. The molecule has 0 unspecified atom stereocenters. The average Bonchev–Trinajstić information content (AvgIpc) is 2.67. The largest absolute Gasteiger partial charge is 0.385 e. The number of benzene rings is 1. The summed E-state index contributed by atoms with van der Waals surface area (Å²) >= 11 is 11.5. The SMILES string of the molecule is COCCCn1[nH]c(=S)c2c(Cl)cc(C(C)=O)cc21. The minimum atomic E-state index is -0.0145. The zero-order valence-corrected chi connectivity index (χ0v) is 12.4. The van der Waals surface area contributed by atoms with Crippen molar-refractivity contribution in [2.45, 2.75) is 19.9 Å². The molecule has 1 aromatic heterocycles. The quantitative estimate of drug-likeness (QED) is 0.521. The first-order valence-electron chi connectivity index (χ1n) is 5.96. The van der Waals surface area contributed by atoms with E-state index in [4.69, 9.17) is 28.6 Å². The molecule has 1 heterocycles. The van der Waals surface area contributed by atoms with E-state index in [9.17, 15) is 4.79 Å². The molecule has 0 spiro atoms. The number of hydrogen-bond donors (Lipinski definition) is 1. The Morgan fingerprint density at radius 3 is 2.89 bits per heavy atom. The van der Waals surface area contributed by atoms with Gasteiger partial charge in [-0.3, -0.25) is 14.6 Å². The fourth-order valence-electron chi connectivity index (χ4n) is 2.02. The maximum absolute atomic E-state index is 11.5. The van der Waals surface area contributed by atoms with E-state index >= 15 is 0 Å². The summed E-state index contributed by atoms with van der Waals surface area (Å²) in [6, 6.07) is 3.48. The van der Waals surface area contributed by atoms with Crippen LogP contribution in [0.2, 0.25) is 5.02 Å². The fourth-order valence-corrected chi connectivity index (χ4v) is 2.70. The van der Waals surface area contributed by atoms with Gasteiger partial charge in [-0.1, -0.05) is 23.8 Å². The predicted octanol–water partition coefficient (Wildman–Crippen LogP) is 3.59. The van der Waals surface area contributed by atoms with Crippen LogP contribution in [0.3, 0.4) is 0 Å². The predicted molar refractivity (Wildman–Crippen MR) is 78.6 cm³/mol. The van der Waals surface area contributed by atoms with Crippen LogP contribution in [0.5, 0.6) is 0 Å². The van der Waals surface area contributed by atoms with E-state index in [1.165, 1.54) is 6.92 Å². The number of hydrogen-bond acceptors (Lipinski definition) is 3. The number of aromatic nitrogens is 2. The van der Waals surface area contributed by atoms with Crippen molar-refractivity contribution in [2.24, 2.45) is 0 Å². The van der Waals surface area contributed by atoms with Crippen molar-refractivity contribution in [1.82, 2.24) is 9.78 Å². The zero-order valence-electron chi connectivity index (χ0n) is 10.8. The van der Waals surface area contributed by atoms with Crippen LogP contribution >= 0.6 is 23.8 Å². The van der Waals surface area contributed by atoms with Crippen LogP contribution in [0.1, 0.15) is 23.7 Å². The van der Waals surface area contributed by atoms with Gasteiger partial charge < -0.3 is 4.74 Å². The molecule has 0 bridgehead atoms. The summed E-state index contributed by atoms with van der Waals surface area (Å²) in [5, 5.41) is 4.40. The molecule has 2 rings (SSSR count). The van der Waals surface area contributed by atoms with Gasteiger partial charge in [0.25, 0.3) is 0 Å². The summed E-state index contributed by atoms with van der Waals surface area (Å²) in [6.45, 7) is 2.92. The third-order valence-corrected chi connectivity index (χ3v) is 3.55. The van der Waals surface area contributed by atoms with Crippen LogP contribution in [0.4, 0.5) is 0 Å². The van der Waals surface area contributed by atoms with E-state index in [2.05, 4.69) is 5.10 Å². The second-order valence-corrected chi connectivity index (χ2v) is 5.16. The standard InChI is InChI=1S/C13H15ClN2O2S/c1-8(17)9-6-10(14)12-11(7-9)16(15-13(12)19)4-3-5-18-2/h6-7H,3-5H2,1-2H3,(H,15,19). The van der Waals surface area contributed by atoms with E-state index in [1.54, 1.807) is 13.2 Å². The summed E-state index contributed by atoms with van der Waals surface area (Å²) in [4.78, 5) is 11.5. The van der Waals surface area contributed by atoms with Crippen LogP contribution in [0.15, 0.2) is 12.1 Å². The molecule has 4 nitrogen and oxygen atoms in total. The Balaban J connectivity index is 2.53. The lowest BCUT2D eigenvalue weighted by molar-refractivity contribution is 0.101. The van der Waals surface area contributed by atoms with Gasteiger partial charge in [0.1, 0.15) is 4.64 Å². The Bertz CT molecular complexity index is 675. The number of H-pyrrole nitrogens is 1. The third-order valence-electron chi connectivity index (χ3n) is 2.96. The van der Waals surface area contributed by atoms with Crippen molar-refractivity contribution < 1.29 is 9.53 Å². The normalized spacial score (nSPS) is 11.1. The van der Waals surface area contributed by atoms with Gasteiger partial charge in [0.15, 0.2) is 5.78 Å². The molecular formula is C13H15ClN2O2S. The Morgan fingerprint density at radius 2 is 2.26 bits per heavy atom. The molecule has 1 N–H and O–H groups in total. The Morgan fingerprint density at radius 1 is 1.53 bits per heavy atom. The van der Waals surface area contributed by atoms with Crippen LogP contribution in [0.25, 0.3) is 10.9 Å². The highest BCUT2D eigenvalue weighted by Gasteiger charge is 2.11. The number of aromatic amines is 1. The first kappa shape index (κ1) is 14.2. The lowest BCUT2D eigenvalue weighted by atomic mass is 10.1. The molecule has 0 aliphatic heterocycles. The first-order chi connectivity index (χ1) is 9.04. The van der Waals surface area contributed by atoms with Crippen molar-refractivity contribution in [3.63, 3.8) is 0 Å². The minimum absolute atomic E-state index is 0.0145. The lowest BCUT2D eigenvalue weighted by Crippen LogP contribution is -2.03. The van der Waals surface area contributed by atoms with Gasteiger partial charge >= 0.3 is 0 Å². The number of halogens is 1. The maximum atomic E-state index is 11.5. The number of nitrogens with one attached hydrogen (secondary N) is 1. The smallest absolute Gasteiger partial charge is 0.159 e. The number of fused-ring (bicyclic) bond motifs is 1. The van der Waals surface area contributed by atoms with Crippen LogP contribution in [0, 0.1) is 4.64 Å². The van der Waals surface area contributed by atoms with Crippen molar-refractivity contribution in [2.75, 3.05) is 13.7 Å². The number of carbonyl (C=O) groups is 1. The van der Waals surface area contributed by atoms with E-state index in [0.29, 0.717) is 21.8 Å². The number of methoxy groups -OCH3 is 1. The van der Waals surface area contributed by atoms with E-state index in [1.807, 2.05) is 10.7 Å². The van der Waals surface area contributed by atoms with Gasteiger partial charge in [0.2, 0.25) is 0 Å². The summed E-state index contributed by atoms with van der Waals surface area (Å²) in [5.41, 5.74) is 1.45. The lowest BCUT2D eigenvalue weighted by Gasteiger charge is -2.05. The number of Topliss-reactive ketones (excluding diaryl/α,β-unsaturated/α-hetero) is 1. The van der Waals surface area contributed by atoms with E-state index < -0.39 is 0 Å². The number of carbonyl (C=O) groups excluding carboxylic acids is 1. The molecule has 0 radical (unpaired) electrons. The molecule has 1 aromatic carbocycles. The van der Waals surface area contributed by atoms with Gasteiger partial charge in [-0.2, -0.15) is 0 Å². The molecular weight excluding hydrogens is 284 g/mol. The highest BCUT2D eigenvalue weighted by atomic mass is 35.5. The highest BCUT2D eigenvalue weighted by molar-refractivity contribution is 7.71. The second-order valence-electron chi connectivity index (χ2n) is 4.35. The van der Waals surface area contributed by atoms with Gasteiger partial charge in [-0.05, 0) is 25.5 Å². The van der Waals surface area contributed by atoms with Crippen molar-refractivity contribution >= 4 is 40.5 Å². The second kappa shape index (κ2) is 5.86. The van der Waals surface area contributed by atoms with Gasteiger partial charge in [0, 0.05) is 25.8 Å². The van der Waals surface area contributed by atoms with Gasteiger partial charge in [-0.15, -0.1) is 0 Å². The number of ether oxygens (including phenoxy) is 1. The third kappa shape index (κ3) is 2.88. The Labute approximate surface area is 121 Å². The topological polar surface area (TPSA) is 47.0 Å². The summed E-state index contributed by atoms with van der Waals surface area (Å²) < 4.78 is 7.54. The Hall–Kier alpha value is -1.17. The number of rotatable bonds is 5. The summed E-state index contributed by atoms with van der Waals surface area (Å²) in [7, 11) is 1.67. The fraction of sp³-hybridized carbons (Fsp3) is 0.385. The molecule has 0 fully saturated rings. The van der Waals surface area contributed by atoms with E-state index in [0.717, 1.165) is 23.9 Å². The molecule has 0 amide bonds. The number of ketones is 1. The number of aryl methyl sites for hydroxylation is 1. The molecule has 0 atom stereocenters. The molecule has 19 heavy (non-hydrogen) atoms.